The van der Waals surface area contributed by atoms with Gasteiger partial charge in [-0.25, -0.2) is 0 Å². The molecule has 1 aromatic rings. The summed E-state index contributed by atoms with van der Waals surface area (Å²) >= 11 is 3.42. The molecule has 0 unspecified atom stereocenters. The molecule has 0 aliphatic rings. The van der Waals surface area contributed by atoms with Crippen molar-refractivity contribution >= 4 is 27.5 Å². The highest BCUT2D eigenvalue weighted by Gasteiger charge is 2.13. The molecule has 0 aromatic heterocycles. The van der Waals surface area contributed by atoms with Gasteiger partial charge in [0, 0.05) is 16.6 Å². The van der Waals surface area contributed by atoms with Crippen LogP contribution < -0.4 is 10.1 Å². The fourth-order valence-electron chi connectivity index (χ4n) is 1.54. The Morgan fingerprint density at radius 3 is 2.60 bits per heavy atom. The van der Waals surface area contributed by atoms with E-state index >= 15 is 0 Å². The summed E-state index contributed by atoms with van der Waals surface area (Å²) in [5, 5.41) is 3.49. The monoisotopic (exact) mass is 343 g/mol. The maximum Gasteiger partial charge on any atom is 0.250 e. The molecule has 1 rings (SSSR count). The Labute approximate surface area is 129 Å². The van der Waals surface area contributed by atoms with Crippen molar-refractivity contribution in [2.24, 2.45) is 0 Å². The molecular weight excluding hydrogens is 322 g/mol. The molecule has 4 nitrogen and oxygen atoms in total. The molecule has 1 aromatic carbocycles. The zero-order valence-corrected chi connectivity index (χ0v) is 14.0. The molecule has 0 aliphatic heterocycles. The minimum absolute atomic E-state index is 0.0420. The van der Waals surface area contributed by atoms with Crippen molar-refractivity contribution in [2.75, 3.05) is 18.5 Å². The lowest BCUT2D eigenvalue weighted by Gasteiger charge is -2.19. The van der Waals surface area contributed by atoms with Crippen molar-refractivity contribution in [3.8, 4) is 5.75 Å². The standard InChI is InChI=1S/C15H22BrNO3/c1-5-19-13-7-6-12(8-11(13)9-16)17-14(18)10-20-15(2,3)4/h6-8H,5,9-10H2,1-4H3,(H,17,18). The number of carbonyl (C=O) groups is 1. The lowest BCUT2D eigenvalue weighted by molar-refractivity contribution is -0.125. The number of halogens is 1. The van der Waals surface area contributed by atoms with Crippen molar-refractivity contribution in [3.05, 3.63) is 23.8 Å². The topological polar surface area (TPSA) is 47.6 Å². The molecule has 0 saturated carbocycles. The number of alkyl halides is 1. The van der Waals surface area contributed by atoms with Crippen LogP contribution in [0.3, 0.4) is 0 Å². The first-order valence-electron chi connectivity index (χ1n) is 6.61. The van der Waals surface area contributed by atoms with E-state index in [-0.39, 0.29) is 18.1 Å². The number of ether oxygens (including phenoxy) is 2. The summed E-state index contributed by atoms with van der Waals surface area (Å²) in [5.41, 5.74) is 1.42. The number of rotatable bonds is 6. The van der Waals surface area contributed by atoms with E-state index in [1.807, 2.05) is 45.9 Å². The van der Waals surface area contributed by atoms with Gasteiger partial charge in [-0.1, -0.05) is 15.9 Å². The van der Waals surface area contributed by atoms with Crippen molar-refractivity contribution < 1.29 is 14.3 Å². The molecule has 0 radical (unpaired) electrons. The molecule has 0 aliphatic carbocycles. The third-order valence-corrected chi connectivity index (χ3v) is 3.03. The van der Waals surface area contributed by atoms with Gasteiger partial charge >= 0.3 is 0 Å². The minimum Gasteiger partial charge on any atom is -0.494 e. The maximum atomic E-state index is 11.8. The van der Waals surface area contributed by atoms with E-state index in [0.29, 0.717) is 11.9 Å². The second-order valence-corrected chi connectivity index (χ2v) is 5.90. The molecular formula is C15H22BrNO3. The predicted octanol–water partition coefficient (Wildman–Crippen LogP) is 3.73. The van der Waals surface area contributed by atoms with E-state index in [4.69, 9.17) is 9.47 Å². The number of carbonyl (C=O) groups excluding carboxylic acids is 1. The van der Waals surface area contributed by atoms with Gasteiger partial charge in [-0.15, -0.1) is 0 Å². The van der Waals surface area contributed by atoms with Gasteiger partial charge in [-0.05, 0) is 45.9 Å². The predicted molar refractivity (Wildman–Crippen MR) is 84.6 cm³/mol. The van der Waals surface area contributed by atoms with Gasteiger partial charge in [0.2, 0.25) is 5.91 Å². The molecule has 0 fully saturated rings. The molecule has 112 valence electrons. The Bertz CT molecular complexity index is 455. The van der Waals surface area contributed by atoms with Gasteiger partial charge in [0.1, 0.15) is 12.4 Å². The molecule has 0 atom stereocenters. The number of nitrogens with one attached hydrogen (secondary N) is 1. The van der Waals surface area contributed by atoms with Gasteiger partial charge in [0.15, 0.2) is 0 Å². The van der Waals surface area contributed by atoms with Crippen molar-refractivity contribution in [1.29, 1.82) is 0 Å². The van der Waals surface area contributed by atoms with E-state index in [2.05, 4.69) is 21.2 Å². The van der Waals surface area contributed by atoms with Crippen LogP contribution >= 0.6 is 15.9 Å². The maximum absolute atomic E-state index is 11.8. The molecule has 1 N–H and O–H groups in total. The first-order chi connectivity index (χ1) is 9.35. The average Bonchev–Trinajstić information content (AvgIpc) is 2.37. The van der Waals surface area contributed by atoms with E-state index in [0.717, 1.165) is 17.0 Å². The summed E-state index contributed by atoms with van der Waals surface area (Å²) in [5.74, 6) is 0.665. The quantitative estimate of drug-likeness (QED) is 0.800. The van der Waals surface area contributed by atoms with E-state index in [9.17, 15) is 4.79 Å². The SMILES string of the molecule is CCOc1ccc(NC(=O)COC(C)(C)C)cc1CBr. The average molecular weight is 344 g/mol. The molecule has 1 amide bonds. The van der Waals surface area contributed by atoms with Crippen LogP contribution in [0.25, 0.3) is 0 Å². The molecule has 0 saturated heterocycles. The lowest BCUT2D eigenvalue weighted by Crippen LogP contribution is -2.27. The zero-order valence-electron chi connectivity index (χ0n) is 12.5. The number of hydrogen-bond donors (Lipinski definition) is 1. The Morgan fingerprint density at radius 2 is 2.05 bits per heavy atom. The molecule has 0 spiro atoms. The van der Waals surface area contributed by atoms with Crippen LogP contribution in [-0.4, -0.2) is 24.7 Å². The van der Waals surface area contributed by atoms with Crippen LogP contribution in [0, 0.1) is 0 Å². The lowest BCUT2D eigenvalue weighted by atomic mass is 10.2. The summed E-state index contributed by atoms with van der Waals surface area (Å²) in [7, 11) is 0. The summed E-state index contributed by atoms with van der Waals surface area (Å²) in [6.45, 7) is 8.35. The summed E-state index contributed by atoms with van der Waals surface area (Å²) < 4.78 is 10.9. The van der Waals surface area contributed by atoms with Crippen molar-refractivity contribution in [2.45, 2.75) is 38.6 Å². The van der Waals surface area contributed by atoms with Crippen molar-refractivity contribution in [3.63, 3.8) is 0 Å². The van der Waals surface area contributed by atoms with Gasteiger partial charge in [0.25, 0.3) is 0 Å². The zero-order chi connectivity index (χ0) is 15.2. The third-order valence-electron chi connectivity index (χ3n) is 2.42. The van der Waals surface area contributed by atoms with E-state index in [1.165, 1.54) is 0 Å². The smallest absolute Gasteiger partial charge is 0.250 e. The Morgan fingerprint density at radius 1 is 1.35 bits per heavy atom. The van der Waals surface area contributed by atoms with Crippen LogP contribution in [0.2, 0.25) is 0 Å². The van der Waals surface area contributed by atoms with Crippen LogP contribution in [0.4, 0.5) is 5.69 Å². The van der Waals surface area contributed by atoms with Crippen LogP contribution in [0.5, 0.6) is 5.75 Å². The highest BCUT2D eigenvalue weighted by Crippen LogP contribution is 2.25. The number of hydrogen-bond acceptors (Lipinski definition) is 3. The Hall–Kier alpha value is -1.07. The Balaban J connectivity index is 2.66. The van der Waals surface area contributed by atoms with Crippen molar-refractivity contribution in [1.82, 2.24) is 0 Å². The number of anilines is 1. The Kier molecular flexibility index (Phi) is 6.49. The first-order valence-corrected chi connectivity index (χ1v) is 7.73. The van der Waals surface area contributed by atoms with Crippen LogP contribution in [-0.2, 0) is 14.9 Å². The van der Waals surface area contributed by atoms with Gasteiger partial charge in [-0.2, -0.15) is 0 Å². The molecule has 5 heteroatoms. The molecule has 0 bridgehead atoms. The first kappa shape index (κ1) is 17.0. The molecule has 0 heterocycles. The second kappa shape index (κ2) is 7.64. The normalized spacial score (nSPS) is 11.2. The number of amides is 1. The van der Waals surface area contributed by atoms with Crippen LogP contribution in [0.1, 0.15) is 33.3 Å². The summed E-state index contributed by atoms with van der Waals surface area (Å²) in [6.07, 6.45) is 0. The van der Waals surface area contributed by atoms with E-state index < -0.39 is 0 Å². The third kappa shape index (κ3) is 5.92. The van der Waals surface area contributed by atoms with Gasteiger partial charge < -0.3 is 14.8 Å². The van der Waals surface area contributed by atoms with E-state index in [1.54, 1.807) is 0 Å². The fourth-order valence-corrected chi connectivity index (χ4v) is 1.98. The summed E-state index contributed by atoms with van der Waals surface area (Å²) in [6, 6.07) is 5.58. The second-order valence-electron chi connectivity index (χ2n) is 5.34. The molecule has 20 heavy (non-hydrogen) atoms. The highest BCUT2D eigenvalue weighted by atomic mass is 79.9. The van der Waals surface area contributed by atoms with Gasteiger partial charge in [-0.3, -0.25) is 4.79 Å². The number of benzene rings is 1. The van der Waals surface area contributed by atoms with Gasteiger partial charge in [0.05, 0.1) is 12.2 Å². The highest BCUT2D eigenvalue weighted by molar-refractivity contribution is 9.08. The van der Waals surface area contributed by atoms with Crippen LogP contribution in [0.15, 0.2) is 18.2 Å². The fraction of sp³-hybridized carbons (Fsp3) is 0.533. The largest absolute Gasteiger partial charge is 0.494 e. The minimum atomic E-state index is -0.322. The summed E-state index contributed by atoms with van der Waals surface area (Å²) in [4.78, 5) is 11.8.